The van der Waals surface area contributed by atoms with Crippen molar-refractivity contribution in [2.75, 3.05) is 36.5 Å². The average molecular weight is 383 g/mol. The number of amides is 1. The molecule has 3 heterocycles. The molecule has 1 aromatic carbocycles. The third kappa shape index (κ3) is 4.53. The van der Waals surface area contributed by atoms with Crippen molar-refractivity contribution in [3.8, 4) is 11.3 Å². The van der Waals surface area contributed by atoms with Gasteiger partial charge >= 0.3 is 0 Å². The molecule has 0 bridgehead atoms. The molecule has 140 valence electrons. The summed E-state index contributed by atoms with van der Waals surface area (Å²) in [4.78, 5) is 23.0. The van der Waals surface area contributed by atoms with E-state index >= 15 is 0 Å². The predicted molar refractivity (Wildman–Crippen MR) is 106 cm³/mol. The highest BCUT2D eigenvalue weighted by Gasteiger charge is 2.15. The topological polar surface area (TPSA) is 72.3 Å². The van der Waals surface area contributed by atoms with Crippen LogP contribution in [0.3, 0.4) is 0 Å². The fourth-order valence-electron chi connectivity index (χ4n) is 2.89. The Kier molecular flexibility index (Phi) is 5.45. The lowest BCUT2D eigenvalue weighted by molar-refractivity contribution is -0.116. The number of aromatic nitrogens is 3. The first-order valence-electron chi connectivity index (χ1n) is 8.92. The number of morpholine rings is 1. The molecule has 1 amide bonds. The van der Waals surface area contributed by atoms with Crippen molar-refractivity contribution in [2.45, 2.75) is 13.0 Å². The number of rotatable bonds is 6. The Hall–Kier alpha value is -2.71. The Morgan fingerprint density at radius 1 is 1.22 bits per heavy atom. The van der Waals surface area contributed by atoms with Crippen molar-refractivity contribution in [3.63, 3.8) is 0 Å². The summed E-state index contributed by atoms with van der Waals surface area (Å²) in [6, 6.07) is 7.81. The number of carbonyl (C=O) groups is 1. The number of carbonyl (C=O) groups excluding carboxylic acids is 1. The van der Waals surface area contributed by atoms with Gasteiger partial charge in [0, 0.05) is 55.1 Å². The van der Waals surface area contributed by atoms with Crippen LogP contribution in [0, 0.1) is 0 Å². The van der Waals surface area contributed by atoms with Crippen LogP contribution in [0.1, 0.15) is 6.42 Å². The van der Waals surface area contributed by atoms with Gasteiger partial charge in [0.25, 0.3) is 0 Å². The van der Waals surface area contributed by atoms with Gasteiger partial charge in [0.05, 0.1) is 25.2 Å². The summed E-state index contributed by atoms with van der Waals surface area (Å²) in [6.07, 6.45) is 5.68. The lowest BCUT2D eigenvalue weighted by atomic mass is 10.1. The lowest BCUT2D eigenvalue weighted by Gasteiger charge is -2.26. The molecule has 1 fully saturated rings. The molecule has 0 unspecified atom stereocenters. The summed E-state index contributed by atoms with van der Waals surface area (Å²) in [5, 5.41) is 6.03. The van der Waals surface area contributed by atoms with Crippen molar-refractivity contribution >= 4 is 28.1 Å². The fourth-order valence-corrected chi connectivity index (χ4v) is 3.78. The standard InChI is InChI=1S/C19H21N5O2S/c25-18(5-7-23-8-6-20-14-23)21-16-3-1-15(2-4-16)17-13-27-19(22-17)24-9-11-26-12-10-24/h1-4,6,8,13-14H,5,7,9-12H2,(H,21,25). The first kappa shape index (κ1) is 17.7. The van der Waals surface area contributed by atoms with E-state index in [-0.39, 0.29) is 5.91 Å². The Bertz CT molecular complexity index is 870. The molecule has 1 N–H and O–H groups in total. The average Bonchev–Trinajstić information content (AvgIpc) is 3.40. The number of nitrogens with zero attached hydrogens (tertiary/aromatic N) is 4. The van der Waals surface area contributed by atoms with Crippen molar-refractivity contribution in [2.24, 2.45) is 0 Å². The van der Waals surface area contributed by atoms with E-state index < -0.39 is 0 Å². The van der Waals surface area contributed by atoms with E-state index in [0.717, 1.165) is 48.4 Å². The lowest BCUT2D eigenvalue weighted by Crippen LogP contribution is -2.36. The normalized spacial score (nSPS) is 14.3. The quantitative estimate of drug-likeness (QED) is 0.709. The number of aryl methyl sites for hydroxylation is 1. The van der Waals surface area contributed by atoms with Crippen molar-refractivity contribution < 1.29 is 9.53 Å². The Morgan fingerprint density at radius 2 is 2.04 bits per heavy atom. The molecular weight excluding hydrogens is 362 g/mol. The summed E-state index contributed by atoms with van der Waals surface area (Å²) in [6.45, 7) is 3.90. The highest BCUT2D eigenvalue weighted by Crippen LogP contribution is 2.28. The van der Waals surface area contributed by atoms with Gasteiger partial charge in [-0.05, 0) is 12.1 Å². The molecule has 1 saturated heterocycles. The first-order valence-corrected chi connectivity index (χ1v) is 9.80. The SMILES string of the molecule is O=C(CCn1ccnc1)Nc1ccc(-c2csc(N3CCOCC3)n2)cc1. The summed E-state index contributed by atoms with van der Waals surface area (Å²) >= 11 is 1.65. The highest BCUT2D eigenvalue weighted by atomic mass is 32.1. The van der Waals surface area contributed by atoms with Crippen LogP contribution >= 0.6 is 11.3 Å². The predicted octanol–water partition coefficient (Wildman–Crippen LogP) is 2.87. The molecule has 3 aromatic rings. The van der Waals surface area contributed by atoms with Crippen LogP contribution in [0.4, 0.5) is 10.8 Å². The van der Waals surface area contributed by atoms with E-state index in [1.807, 2.05) is 35.0 Å². The number of anilines is 2. The maximum absolute atomic E-state index is 12.1. The number of imidazole rings is 1. The van der Waals surface area contributed by atoms with Crippen LogP contribution in [-0.2, 0) is 16.1 Å². The molecule has 0 radical (unpaired) electrons. The monoisotopic (exact) mass is 383 g/mol. The number of thiazole rings is 1. The Balaban J connectivity index is 1.34. The van der Waals surface area contributed by atoms with E-state index in [1.54, 1.807) is 23.9 Å². The van der Waals surface area contributed by atoms with Gasteiger partial charge in [-0.3, -0.25) is 4.79 Å². The van der Waals surface area contributed by atoms with Crippen molar-refractivity contribution in [1.29, 1.82) is 0 Å². The molecule has 7 nitrogen and oxygen atoms in total. The van der Waals surface area contributed by atoms with Gasteiger partial charge in [0.1, 0.15) is 0 Å². The van der Waals surface area contributed by atoms with Gasteiger partial charge in [0.2, 0.25) is 5.91 Å². The summed E-state index contributed by atoms with van der Waals surface area (Å²) in [7, 11) is 0. The molecule has 27 heavy (non-hydrogen) atoms. The van der Waals surface area contributed by atoms with Crippen LogP contribution in [0.2, 0.25) is 0 Å². The van der Waals surface area contributed by atoms with Gasteiger partial charge in [-0.2, -0.15) is 0 Å². The van der Waals surface area contributed by atoms with E-state index in [1.165, 1.54) is 0 Å². The zero-order valence-electron chi connectivity index (χ0n) is 14.9. The van der Waals surface area contributed by atoms with Gasteiger partial charge in [-0.1, -0.05) is 12.1 Å². The van der Waals surface area contributed by atoms with Crippen molar-refractivity contribution in [3.05, 3.63) is 48.4 Å². The van der Waals surface area contributed by atoms with Crippen LogP contribution in [0.5, 0.6) is 0 Å². The molecule has 0 atom stereocenters. The zero-order valence-corrected chi connectivity index (χ0v) is 15.7. The number of ether oxygens (including phenoxy) is 1. The van der Waals surface area contributed by atoms with Crippen LogP contribution in [-0.4, -0.2) is 46.7 Å². The Morgan fingerprint density at radius 3 is 2.78 bits per heavy atom. The molecule has 0 aliphatic carbocycles. The van der Waals surface area contributed by atoms with Gasteiger partial charge in [-0.25, -0.2) is 9.97 Å². The molecule has 4 rings (SSSR count). The van der Waals surface area contributed by atoms with E-state index in [9.17, 15) is 4.79 Å². The minimum absolute atomic E-state index is 0.0142. The minimum atomic E-state index is -0.0142. The van der Waals surface area contributed by atoms with Gasteiger partial charge < -0.3 is 19.5 Å². The molecule has 1 aliphatic rings. The molecule has 0 spiro atoms. The molecular formula is C19H21N5O2S. The van der Waals surface area contributed by atoms with Gasteiger partial charge in [0.15, 0.2) is 5.13 Å². The molecule has 1 aliphatic heterocycles. The number of nitrogens with one attached hydrogen (secondary N) is 1. The second-order valence-electron chi connectivity index (χ2n) is 6.29. The smallest absolute Gasteiger partial charge is 0.226 e. The van der Waals surface area contributed by atoms with E-state index in [4.69, 9.17) is 9.72 Å². The fraction of sp³-hybridized carbons (Fsp3) is 0.316. The molecule has 2 aromatic heterocycles. The van der Waals surface area contributed by atoms with E-state index in [0.29, 0.717) is 13.0 Å². The van der Waals surface area contributed by atoms with Crippen LogP contribution in [0.25, 0.3) is 11.3 Å². The third-order valence-corrected chi connectivity index (χ3v) is 5.30. The summed E-state index contributed by atoms with van der Waals surface area (Å²) in [5.41, 5.74) is 2.79. The molecule has 0 saturated carbocycles. The maximum atomic E-state index is 12.1. The number of benzene rings is 1. The second-order valence-corrected chi connectivity index (χ2v) is 7.13. The van der Waals surface area contributed by atoms with Crippen LogP contribution < -0.4 is 10.2 Å². The van der Waals surface area contributed by atoms with Crippen molar-refractivity contribution in [1.82, 2.24) is 14.5 Å². The second kappa shape index (κ2) is 8.32. The minimum Gasteiger partial charge on any atom is -0.378 e. The molecule has 8 heteroatoms. The first-order chi connectivity index (χ1) is 13.3. The van der Waals surface area contributed by atoms with Gasteiger partial charge in [-0.15, -0.1) is 11.3 Å². The summed E-state index contributed by atoms with van der Waals surface area (Å²) < 4.78 is 7.28. The van der Waals surface area contributed by atoms with E-state index in [2.05, 4.69) is 20.6 Å². The van der Waals surface area contributed by atoms with Crippen LogP contribution in [0.15, 0.2) is 48.4 Å². The summed E-state index contributed by atoms with van der Waals surface area (Å²) in [5.74, 6) is -0.0142. The zero-order chi connectivity index (χ0) is 18.5. The maximum Gasteiger partial charge on any atom is 0.226 e. The number of hydrogen-bond donors (Lipinski definition) is 1. The third-order valence-electron chi connectivity index (χ3n) is 4.39. The number of hydrogen-bond acceptors (Lipinski definition) is 6. The largest absolute Gasteiger partial charge is 0.378 e. The Labute approximate surface area is 161 Å². The highest BCUT2D eigenvalue weighted by molar-refractivity contribution is 7.14.